The second-order valence-corrected chi connectivity index (χ2v) is 4.03. The first-order valence-electron chi connectivity index (χ1n) is 5.81. The van der Waals surface area contributed by atoms with Gasteiger partial charge in [0, 0.05) is 18.9 Å². The van der Waals surface area contributed by atoms with Crippen LogP contribution < -0.4 is 0 Å². The lowest BCUT2D eigenvalue weighted by atomic mass is 9.93. The molecule has 0 amide bonds. The molecular weight excluding hydrogens is 200 g/mol. The molecule has 2 unspecified atom stereocenters. The van der Waals surface area contributed by atoms with Crippen LogP contribution in [0.25, 0.3) is 0 Å². The molecule has 1 aromatic rings. The van der Waals surface area contributed by atoms with E-state index in [0.717, 1.165) is 12.2 Å². The molecule has 2 atom stereocenters. The summed E-state index contributed by atoms with van der Waals surface area (Å²) in [6, 6.07) is 10.5. The first kappa shape index (κ1) is 11.2. The molecule has 0 aromatic heterocycles. The maximum absolute atomic E-state index is 5.62. The van der Waals surface area contributed by atoms with Gasteiger partial charge in [-0.1, -0.05) is 30.3 Å². The Morgan fingerprint density at radius 1 is 1.31 bits per heavy atom. The molecule has 1 aromatic carbocycles. The molecule has 0 saturated heterocycles. The summed E-state index contributed by atoms with van der Waals surface area (Å²) < 4.78 is 11.2. The second kappa shape index (κ2) is 5.17. The van der Waals surface area contributed by atoms with E-state index < -0.39 is 0 Å². The molecule has 2 heteroatoms. The number of hydrogen-bond acceptors (Lipinski definition) is 2. The monoisotopic (exact) mass is 218 g/mol. The molecule has 1 heterocycles. The minimum absolute atomic E-state index is 0.0970. The summed E-state index contributed by atoms with van der Waals surface area (Å²) in [4.78, 5) is 0. The lowest BCUT2D eigenvalue weighted by Gasteiger charge is -2.28. The molecule has 0 aliphatic carbocycles. The molecule has 0 N–H and O–H groups in total. The largest absolute Gasteiger partial charge is 0.470 e. The highest BCUT2D eigenvalue weighted by Gasteiger charge is 2.22. The minimum Gasteiger partial charge on any atom is -0.470 e. The molecule has 1 aliphatic heterocycles. The summed E-state index contributed by atoms with van der Waals surface area (Å²) in [7, 11) is 0. The molecule has 86 valence electrons. The summed E-state index contributed by atoms with van der Waals surface area (Å²) in [5, 5.41) is 0. The Morgan fingerprint density at radius 3 is 2.75 bits per heavy atom. The van der Waals surface area contributed by atoms with Crippen molar-refractivity contribution in [2.24, 2.45) is 0 Å². The van der Waals surface area contributed by atoms with Gasteiger partial charge in [0.15, 0.2) is 6.29 Å². The third kappa shape index (κ3) is 2.64. The summed E-state index contributed by atoms with van der Waals surface area (Å²) >= 11 is 0. The van der Waals surface area contributed by atoms with Gasteiger partial charge in [-0.2, -0.15) is 0 Å². The van der Waals surface area contributed by atoms with Crippen molar-refractivity contribution in [2.75, 3.05) is 6.61 Å². The Labute approximate surface area is 96.9 Å². The van der Waals surface area contributed by atoms with E-state index >= 15 is 0 Å². The number of hydrogen-bond donors (Lipinski definition) is 0. The molecule has 2 nitrogen and oxygen atoms in total. The lowest BCUT2D eigenvalue weighted by molar-refractivity contribution is -0.124. The molecule has 2 rings (SSSR count). The second-order valence-electron chi connectivity index (χ2n) is 4.03. The van der Waals surface area contributed by atoms with Gasteiger partial charge >= 0.3 is 0 Å². The van der Waals surface area contributed by atoms with Crippen LogP contribution >= 0.6 is 0 Å². The lowest BCUT2D eigenvalue weighted by Crippen LogP contribution is -2.23. The third-order valence-electron chi connectivity index (χ3n) is 2.78. The molecule has 16 heavy (non-hydrogen) atoms. The number of rotatable bonds is 3. The van der Waals surface area contributed by atoms with Crippen LogP contribution in [-0.2, 0) is 9.47 Å². The fourth-order valence-corrected chi connectivity index (χ4v) is 2.07. The molecule has 1 aliphatic rings. The van der Waals surface area contributed by atoms with E-state index in [4.69, 9.17) is 9.47 Å². The Bertz CT molecular complexity index is 356. The average Bonchev–Trinajstić information content (AvgIpc) is 2.30. The van der Waals surface area contributed by atoms with E-state index in [0.29, 0.717) is 12.5 Å². The van der Waals surface area contributed by atoms with Crippen molar-refractivity contribution >= 4 is 0 Å². The van der Waals surface area contributed by atoms with Gasteiger partial charge in [-0.15, -0.1) is 0 Å². The molecular formula is C14H18O2. The maximum Gasteiger partial charge on any atom is 0.200 e. The van der Waals surface area contributed by atoms with E-state index in [1.165, 1.54) is 5.56 Å². The van der Waals surface area contributed by atoms with Crippen LogP contribution in [0.2, 0.25) is 0 Å². The predicted molar refractivity (Wildman–Crippen MR) is 64.1 cm³/mol. The van der Waals surface area contributed by atoms with Crippen LogP contribution in [0.15, 0.2) is 42.2 Å². The summed E-state index contributed by atoms with van der Waals surface area (Å²) in [5.41, 5.74) is 1.33. The van der Waals surface area contributed by atoms with E-state index in [-0.39, 0.29) is 6.29 Å². The van der Waals surface area contributed by atoms with Crippen LogP contribution in [0.5, 0.6) is 0 Å². The predicted octanol–water partition coefficient (Wildman–Crippen LogP) is 3.46. The zero-order valence-electron chi connectivity index (χ0n) is 9.85. The number of ether oxygens (including phenoxy) is 2. The molecule has 0 spiro atoms. The van der Waals surface area contributed by atoms with Crippen molar-refractivity contribution in [3.8, 4) is 0 Å². The van der Waals surface area contributed by atoms with Crippen molar-refractivity contribution in [3.63, 3.8) is 0 Å². The van der Waals surface area contributed by atoms with Gasteiger partial charge in [0.2, 0.25) is 0 Å². The molecule has 0 fully saturated rings. The van der Waals surface area contributed by atoms with Gasteiger partial charge in [0.25, 0.3) is 0 Å². The fraction of sp³-hybridized carbons (Fsp3) is 0.429. The van der Waals surface area contributed by atoms with Crippen molar-refractivity contribution in [3.05, 3.63) is 47.7 Å². The number of benzene rings is 1. The fourth-order valence-electron chi connectivity index (χ4n) is 2.07. The topological polar surface area (TPSA) is 18.5 Å². The third-order valence-corrected chi connectivity index (χ3v) is 2.78. The van der Waals surface area contributed by atoms with Gasteiger partial charge in [-0.05, 0) is 25.5 Å². The summed E-state index contributed by atoms with van der Waals surface area (Å²) in [6.07, 6.45) is 2.97. The van der Waals surface area contributed by atoms with Gasteiger partial charge in [-0.3, -0.25) is 0 Å². The Morgan fingerprint density at radius 2 is 2.06 bits per heavy atom. The molecule has 0 bridgehead atoms. The van der Waals surface area contributed by atoms with E-state index in [1.807, 2.05) is 19.9 Å². The summed E-state index contributed by atoms with van der Waals surface area (Å²) in [5.74, 6) is 1.37. The average molecular weight is 218 g/mol. The van der Waals surface area contributed by atoms with Crippen molar-refractivity contribution in [2.45, 2.75) is 32.5 Å². The van der Waals surface area contributed by atoms with Crippen molar-refractivity contribution < 1.29 is 9.47 Å². The van der Waals surface area contributed by atoms with Crippen molar-refractivity contribution in [1.82, 2.24) is 0 Å². The first-order chi connectivity index (χ1) is 7.79. The van der Waals surface area contributed by atoms with Crippen LogP contribution in [0.4, 0.5) is 0 Å². The zero-order valence-corrected chi connectivity index (χ0v) is 9.85. The van der Waals surface area contributed by atoms with Gasteiger partial charge in [-0.25, -0.2) is 0 Å². The highest BCUT2D eigenvalue weighted by atomic mass is 16.7. The highest BCUT2D eigenvalue weighted by Crippen LogP contribution is 2.30. The standard InChI is InChI=1S/C14H18O2/c1-3-15-14-10-13(9-11(2)16-14)12-7-5-4-6-8-12/h4-9,13-14H,3,10H2,1-2H3. The summed E-state index contributed by atoms with van der Waals surface area (Å²) in [6.45, 7) is 4.68. The SMILES string of the molecule is CCOC1CC(c2ccccc2)C=C(C)O1. The van der Waals surface area contributed by atoms with Gasteiger partial charge < -0.3 is 9.47 Å². The smallest absolute Gasteiger partial charge is 0.200 e. The normalized spacial score (nSPS) is 24.8. The zero-order chi connectivity index (χ0) is 11.4. The Hall–Kier alpha value is -1.28. The number of allylic oxidation sites excluding steroid dienone is 2. The van der Waals surface area contributed by atoms with E-state index in [9.17, 15) is 0 Å². The van der Waals surface area contributed by atoms with E-state index in [2.05, 4.69) is 30.3 Å². The molecule has 0 radical (unpaired) electrons. The van der Waals surface area contributed by atoms with Gasteiger partial charge in [0.05, 0.1) is 5.76 Å². The first-order valence-corrected chi connectivity index (χ1v) is 5.81. The maximum atomic E-state index is 5.62. The van der Waals surface area contributed by atoms with Crippen LogP contribution in [0, 0.1) is 0 Å². The van der Waals surface area contributed by atoms with Crippen molar-refractivity contribution in [1.29, 1.82) is 0 Å². The van der Waals surface area contributed by atoms with Crippen LogP contribution in [-0.4, -0.2) is 12.9 Å². The Balaban J connectivity index is 2.13. The van der Waals surface area contributed by atoms with Crippen LogP contribution in [0.1, 0.15) is 31.7 Å². The Kier molecular flexibility index (Phi) is 3.62. The van der Waals surface area contributed by atoms with Crippen LogP contribution in [0.3, 0.4) is 0 Å². The van der Waals surface area contributed by atoms with E-state index in [1.54, 1.807) is 0 Å². The highest BCUT2D eigenvalue weighted by molar-refractivity contribution is 5.25. The minimum atomic E-state index is -0.0970. The quantitative estimate of drug-likeness (QED) is 0.773. The van der Waals surface area contributed by atoms with Gasteiger partial charge in [0.1, 0.15) is 0 Å². The molecule has 0 saturated carbocycles.